The minimum Gasteiger partial charge on any atom is -0.402 e. The molecule has 116 valence electrons. The summed E-state index contributed by atoms with van der Waals surface area (Å²) in [5.41, 5.74) is 3.14. The van der Waals surface area contributed by atoms with Gasteiger partial charge in [0.05, 0.1) is 0 Å². The van der Waals surface area contributed by atoms with Crippen molar-refractivity contribution in [2.45, 2.75) is 19.8 Å². The molecule has 1 aliphatic heterocycles. The topological polar surface area (TPSA) is 38.7 Å². The minimum absolute atomic E-state index is 0.280. The van der Waals surface area contributed by atoms with Gasteiger partial charge in [-0.25, -0.2) is 9.79 Å². The van der Waals surface area contributed by atoms with Gasteiger partial charge in [0.2, 0.25) is 5.90 Å². The number of aliphatic imine (C=N–C) groups is 1. The number of carbonyl (C=O) groups is 1. The highest BCUT2D eigenvalue weighted by Crippen LogP contribution is 2.22. The predicted octanol–water partition coefficient (Wildman–Crippen LogP) is 4.81. The van der Waals surface area contributed by atoms with Crippen LogP contribution in [0, 0.1) is 0 Å². The van der Waals surface area contributed by atoms with Crippen molar-refractivity contribution in [3.8, 4) is 0 Å². The van der Waals surface area contributed by atoms with E-state index in [9.17, 15) is 4.79 Å². The van der Waals surface area contributed by atoms with Gasteiger partial charge in [-0.1, -0.05) is 55.8 Å². The first-order valence-corrected chi connectivity index (χ1v) is 7.79. The predicted molar refractivity (Wildman–Crippen MR) is 92.6 cm³/mol. The smallest absolute Gasteiger partial charge is 0.363 e. The molecule has 1 aliphatic rings. The first kappa shape index (κ1) is 15.5. The molecule has 0 aromatic heterocycles. The van der Waals surface area contributed by atoms with Crippen LogP contribution in [0.3, 0.4) is 0 Å². The summed E-state index contributed by atoms with van der Waals surface area (Å²) in [5.74, 6) is 0.302. The van der Waals surface area contributed by atoms with Gasteiger partial charge in [0.15, 0.2) is 5.70 Å². The summed E-state index contributed by atoms with van der Waals surface area (Å²) in [5, 5.41) is 0.572. The molecule has 0 bridgehead atoms. The third-order valence-electron chi connectivity index (χ3n) is 3.60. The number of hydrogen-bond donors (Lipinski definition) is 0. The van der Waals surface area contributed by atoms with Gasteiger partial charge in [0, 0.05) is 10.6 Å². The maximum atomic E-state index is 12.0. The summed E-state index contributed by atoms with van der Waals surface area (Å²) >= 11 is 5.96. The first-order chi connectivity index (χ1) is 11.0. The van der Waals surface area contributed by atoms with Crippen molar-refractivity contribution in [2.24, 2.45) is 4.99 Å². The second-order valence-corrected chi connectivity index (χ2v) is 6.10. The quantitative estimate of drug-likeness (QED) is 0.600. The van der Waals surface area contributed by atoms with Crippen LogP contribution in [0.25, 0.3) is 6.08 Å². The molecule has 0 aliphatic carbocycles. The maximum Gasteiger partial charge on any atom is 0.363 e. The highest BCUT2D eigenvalue weighted by molar-refractivity contribution is 6.31. The van der Waals surface area contributed by atoms with E-state index in [2.05, 4.69) is 31.0 Å². The Hall–Kier alpha value is -2.39. The lowest BCUT2D eigenvalue weighted by Crippen LogP contribution is -2.05. The van der Waals surface area contributed by atoms with E-state index < -0.39 is 5.97 Å². The summed E-state index contributed by atoms with van der Waals surface area (Å²) in [7, 11) is 0. The first-order valence-electron chi connectivity index (χ1n) is 7.41. The van der Waals surface area contributed by atoms with E-state index in [-0.39, 0.29) is 11.6 Å². The highest BCUT2D eigenvalue weighted by atomic mass is 35.5. The van der Waals surface area contributed by atoms with Crippen molar-refractivity contribution in [3.05, 3.63) is 75.9 Å². The molecule has 0 saturated carbocycles. The third-order valence-corrected chi connectivity index (χ3v) is 3.83. The third kappa shape index (κ3) is 3.51. The number of benzene rings is 2. The Morgan fingerprint density at radius 1 is 1.13 bits per heavy atom. The molecule has 0 saturated heterocycles. The lowest BCUT2D eigenvalue weighted by atomic mass is 10.0. The summed E-state index contributed by atoms with van der Waals surface area (Å²) in [6, 6.07) is 15.1. The van der Waals surface area contributed by atoms with Gasteiger partial charge in [0.1, 0.15) is 0 Å². The standard InChI is InChI=1S/C19H16ClNO2/c1-12(2)14-8-6-13(7-9-14)10-17-19(22)23-18(21-17)15-4-3-5-16(20)11-15/h3-12H,1-2H3. The van der Waals surface area contributed by atoms with Crippen LogP contribution in [-0.2, 0) is 9.53 Å². The van der Waals surface area contributed by atoms with Gasteiger partial charge in [0.25, 0.3) is 0 Å². The fourth-order valence-electron chi connectivity index (χ4n) is 2.29. The van der Waals surface area contributed by atoms with E-state index in [1.165, 1.54) is 5.56 Å². The Balaban J connectivity index is 1.88. The molecule has 0 fully saturated rings. The van der Waals surface area contributed by atoms with Crippen LogP contribution >= 0.6 is 11.6 Å². The maximum absolute atomic E-state index is 12.0. The molecule has 23 heavy (non-hydrogen) atoms. The molecule has 3 rings (SSSR count). The number of esters is 1. The number of ether oxygens (including phenoxy) is 1. The van der Waals surface area contributed by atoms with Crippen molar-refractivity contribution < 1.29 is 9.53 Å². The fraction of sp³-hybridized carbons (Fsp3) is 0.158. The van der Waals surface area contributed by atoms with Crippen LogP contribution in [0.5, 0.6) is 0 Å². The van der Waals surface area contributed by atoms with Crippen LogP contribution in [-0.4, -0.2) is 11.9 Å². The second kappa shape index (κ2) is 6.39. The number of rotatable bonds is 3. The Bertz CT molecular complexity index is 804. The van der Waals surface area contributed by atoms with Crippen LogP contribution in [0.15, 0.2) is 59.2 Å². The number of cyclic esters (lactones) is 1. The van der Waals surface area contributed by atoms with Gasteiger partial charge >= 0.3 is 5.97 Å². The van der Waals surface area contributed by atoms with E-state index >= 15 is 0 Å². The van der Waals surface area contributed by atoms with Crippen LogP contribution < -0.4 is 0 Å². The number of carbonyl (C=O) groups excluding carboxylic acids is 1. The number of hydrogen-bond acceptors (Lipinski definition) is 3. The zero-order chi connectivity index (χ0) is 16.4. The van der Waals surface area contributed by atoms with Gasteiger partial charge in [-0.2, -0.15) is 0 Å². The van der Waals surface area contributed by atoms with Gasteiger partial charge < -0.3 is 4.74 Å². The Morgan fingerprint density at radius 3 is 2.52 bits per heavy atom. The molecule has 1 heterocycles. The van der Waals surface area contributed by atoms with Crippen molar-refractivity contribution in [2.75, 3.05) is 0 Å². The molecule has 2 aromatic carbocycles. The SMILES string of the molecule is CC(C)c1ccc(C=C2N=C(c3cccc(Cl)c3)OC2=O)cc1. The van der Waals surface area contributed by atoms with E-state index in [0.29, 0.717) is 16.5 Å². The summed E-state index contributed by atoms with van der Waals surface area (Å²) in [6.45, 7) is 4.28. The van der Waals surface area contributed by atoms with E-state index in [0.717, 1.165) is 5.56 Å². The minimum atomic E-state index is -0.451. The monoisotopic (exact) mass is 325 g/mol. The molecule has 0 atom stereocenters. The van der Waals surface area contributed by atoms with Crippen molar-refractivity contribution in [1.29, 1.82) is 0 Å². The molecule has 4 heteroatoms. The van der Waals surface area contributed by atoms with Crippen molar-refractivity contribution in [1.82, 2.24) is 0 Å². The molecule has 0 N–H and O–H groups in total. The molecular formula is C19H16ClNO2. The van der Waals surface area contributed by atoms with E-state index in [1.807, 2.05) is 12.1 Å². The summed E-state index contributed by atoms with van der Waals surface area (Å²) in [6.07, 6.45) is 1.73. The Morgan fingerprint density at radius 2 is 1.87 bits per heavy atom. The second-order valence-electron chi connectivity index (χ2n) is 5.67. The lowest BCUT2D eigenvalue weighted by Gasteiger charge is -2.04. The molecule has 0 spiro atoms. The van der Waals surface area contributed by atoms with Gasteiger partial charge in [-0.3, -0.25) is 0 Å². The zero-order valence-electron chi connectivity index (χ0n) is 12.9. The number of halogens is 1. The Labute approximate surface area is 140 Å². The van der Waals surface area contributed by atoms with Gasteiger partial charge in [-0.05, 0) is 41.3 Å². The van der Waals surface area contributed by atoms with E-state index in [4.69, 9.17) is 16.3 Å². The molecule has 0 unspecified atom stereocenters. The molecule has 3 nitrogen and oxygen atoms in total. The average molecular weight is 326 g/mol. The molecule has 0 radical (unpaired) electrons. The van der Waals surface area contributed by atoms with Crippen LogP contribution in [0.2, 0.25) is 5.02 Å². The zero-order valence-corrected chi connectivity index (χ0v) is 13.7. The van der Waals surface area contributed by atoms with Crippen LogP contribution in [0.1, 0.15) is 36.5 Å². The lowest BCUT2D eigenvalue weighted by molar-refractivity contribution is -0.129. The summed E-state index contributed by atoms with van der Waals surface area (Å²) in [4.78, 5) is 16.3. The van der Waals surface area contributed by atoms with Crippen LogP contribution in [0.4, 0.5) is 0 Å². The molecule has 0 amide bonds. The fourth-order valence-corrected chi connectivity index (χ4v) is 2.48. The number of nitrogens with zero attached hydrogens (tertiary/aromatic N) is 1. The molecule has 2 aromatic rings. The normalized spacial score (nSPS) is 15.9. The van der Waals surface area contributed by atoms with Gasteiger partial charge in [-0.15, -0.1) is 0 Å². The average Bonchev–Trinajstić information content (AvgIpc) is 2.89. The molecular weight excluding hydrogens is 310 g/mol. The largest absolute Gasteiger partial charge is 0.402 e. The van der Waals surface area contributed by atoms with E-state index in [1.54, 1.807) is 30.3 Å². The van der Waals surface area contributed by atoms with Crippen molar-refractivity contribution in [3.63, 3.8) is 0 Å². The highest BCUT2D eigenvalue weighted by Gasteiger charge is 2.24. The van der Waals surface area contributed by atoms with Crippen molar-refractivity contribution >= 4 is 29.5 Å². The summed E-state index contributed by atoms with van der Waals surface area (Å²) < 4.78 is 5.23. The Kier molecular flexibility index (Phi) is 4.30.